The molecule has 11 radical (unpaired) electrons. The molecule has 2 fully saturated rings. The van der Waals surface area contributed by atoms with Crippen molar-refractivity contribution >= 4 is 23.7 Å². The molecule has 0 spiro atoms. The van der Waals surface area contributed by atoms with Gasteiger partial charge < -0.3 is 0 Å². The van der Waals surface area contributed by atoms with Crippen molar-refractivity contribution in [3.05, 3.63) is 89.8 Å². The van der Waals surface area contributed by atoms with Crippen LogP contribution < -0.4 is 0 Å². The third kappa shape index (κ3) is 11.7. The van der Waals surface area contributed by atoms with Gasteiger partial charge in [0.1, 0.15) is 0 Å². The van der Waals surface area contributed by atoms with Crippen molar-refractivity contribution < 1.29 is 44.7 Å². The Labute approximate surface area is 192 Å². The van der Waals surface area contributed by atoms with Crippen LogP contribution in [0.5, 0.6) is 0 Å². The molecule has 3 aliphatic carbocycles. The summed E-state index contributed by atoms with van der Waals surface area (Å²) in [6.45, 7) is 11.0. The Morgan fingerprint density at radius 2 is 1.03 bits per heavy atom. The van der Waals surface area contributed by atoms with E-state index in [-0.39, 0.29) is 19.5 Å². The van der Waals surface area contributed by atoms with Gasteiger partial charge in [-0.3, -0.25) is 0 Å². The van der Waals surface area contributed by atoms with Gasteiger partial charge in [0.15, 0.2) is 0 Å². The van der Waals surface area contributed by atoms with E-state index in [0.29, 0.717) is 0 Å². The molecule has 0 aromatic heterocycles. The molecule has 3 rings (SSSR count). The van der Waals surface area contributed by atoms with Crippen LogP contribution in [0.3, 0.4) is 0 Å². The van der Waals surface area contributed by atoms with E-state index >= 15 is 0 Å². The van der Waals surface area contributed by atoms with Gasteiger partial charge >= 0.3 is 52.5 Å². The van der Waals surface area contributed by atoms with E-state index in [2.05, 4.69) is 82.0 Å². The zero-order valence-corrected chi connectivity index (χ0v) is 20.7. The fraction of sp³-hybridized carbons (Fsp3) is 0.250. The summed E-state index contributed by atoms with van der Waals surface area (Å²) in [5.74, 6) is 9.89. The van der Waals surface area contributed by atoms with Crippen molar-refractivity contribution in [3.8, 4) is 0 Å². The number of hydrogen-bond donors (Lipinski definition) is 0. The molecule has 3 aliphatic rings. The van der Waals surface area contributed by atoms with Crippen molar-refractivity contribution in [2.45, 2.75) is 34.6 Å². The quantitative estimate of drug-likeness (QED) is 0.150. The average Bonchev–Trinajstić information content (AvgIpc) is 2.71. The normalized spacial score (nSPS) is 25.4. The number of rotatable bonds is 0. The summed E-state index contributed by atoms with van der Waals surface area (Å²) in [4.78, 5) is 0. The number of allylic oxidation sites excluding steroid dienone is 4. The second kappa shape index (κ2) is 10.0. The van der Waals surface area contributed by atoms with Crippen LogP contribution in [-0.4, -0.2) is 0 Å². The Hall–Kier alpha value is 0.593. The zero-order chi connectivity index (χ0) is 22.0. The summed E-state index contributed by atoms with van der Waals surface area (Å²) < 4.78 is 60.4. The maximum Gasteiger partial charge on any atom is 2.00 e. The molecule has 9 heteroatoms. The van der Waals surface area contributed by atoms with Crippen molar-refractivity contribution in [2.75, 3.05) is 0 Å². The molecule has 163 valence electrons. The summed E-state index contributed by atoms with van der Waals surface area (Å²) in [7, 11) is -10.7. The second-order valence-corrected chi connectivity index (χ2v) is 9.32. The molecule has 0 atom stereocenters. The van der Waals surface area contributed by atoms with E-state index in [9.17, 15) is 25.2 Å². The number of fused-ring (bicyclic) bond motifs is 1. The van der Waals surface area contributed by atoms with Gasteiger partial charge in [0, 0.05) is 16.3 Å². The van der Waals surface area contributed by atoms with Crippen LogP contribution in [0.2, 0.25) is 0 Å². The summed E-state index contributed by atoms with van der Waals surface area (Å²) in [6.07, 6.45) is 14.5. The van der Waals surface area contributed by atoms with Crippen molar-refractivity contribution in [1.82, 2.24) is 0 Å². The molecule has 0 saturated heterocycles. The van der Waals surface area contributed by atoms with Gasteiger partial charge in [-0.1, -0.05) is 68.8 Å². The smallest absolute Gasteiger partial charge is 2.00 e. The van der Waals surface area contributed by atoms with Crippen molar-refractivity contribution in [1.29, 1.82) is 0 Å². The van der Waals surface area contributed by atoms with Gasteiger partial charge in [-0.15, -0.1) is 0 Å². The molecular weight excluding hydrogens is 566 g/mol. The largest absolute Gasteiger partial charge is 2.00 e. The predicted molar refractivity (Wildman–Crippen MR) is 108 cm³/mol. The molecule has 0 amide bonds. The Morgan fingerprint density at radius 1 is 0.690 bits per heavy atom. The van der Waals surface area contributed by atoms with Crippen LogP contribution in [0.1, 0.15) is 34.6 Å². The predicted octanol–water partition coefficient (Wildman–Crippen LogP) is 9.17. The Balaban J connectivity index is 0.000000410. The Kier molecular flexibility index (Phi) is 10.2. The monoisotopic (exact) mass is 588 g/mol. The molecular formula is C20H22BrF6PRu+. The van der Waals surface area contributed by atoms with E-state index in [0.717, 1.165) is 4.48 Å². The minimum Gasteiger partial charge on any atom is 2.00 e. The van der Waals surface area contributed by atoms with E-state index in [1.54, 1.807) is 0 Å². The molecule has 0 N–H and O–H groups in total. The van der Waals surface area contributed by atoms with Crippen LogP contribution in [0.15, 0.2) is 22.7 Å². The summed E-state index contributed by atoms with van der Waals surface area (Å²) >= 11 is 3.50. The van der Waals surface area contributed by atoms with E-state index in [1.807, 2.05) is 12.5 Å². The van der Waals surface area contributed by atoms with Crippen molar-refractivity contribution in [3.63, 3.8) is 0 Å². The summed E-state index contributed by atoms with van der Waals surface area (Å²) in [5, 5.41) is 0. The fourth-order valence-corrected chi connectivity index (χ4v) is 3.11. The first-order chi connectivity index (χ1) is 12.4. The summed E-state index contributed by atoms with van der Waals surface area (Å²) in [5.41, 5.74) is 0. The third-order valence-electron chi connectivity index (χ3n) is 4.55. The molecule has 29 heavy (non-hydrogen) atoms. The zero-order valence-electron chi connectivity index (χ0n) is 16.5. The molecule has 0 aliphatic heterocycles. The average molecular weight is 588 g/mol. The van der Waals surface area contributed by atoms with Crippen LogP contribution in [0.4, 0.5) is 25.2 Å². The minimum absolute atomic E-state index is 0. The topological polar surface area (TPSA) is 0 Å². The fourth-order valence-electron chi connectivity index (χ4n) is 2.59. The molecule has 0 aromatic carbocycles. The maximum absolute atomic E-state index is 10.7. The van der Waals surface area contributed by atoms with Gasteiger partial charge in [0.2, 0.25) is 0 Å². The van der Waals surface area contributed by atoms with Crippen LogP contribution >= 0.6 is 23.7 Å². The van der Waals surface area contributed by atoms with Crippen LogP contribution in [0, 0.1) is 67.1 Å². The minimum atomic E-state index is -10.7. The van der Waals surface area contributed by atoms with Crippen LogP contribution in [0.25, 0.3) is 0 Å². The first-order valence-electron chi connectivity index (χ1n) is 8.27. The van der Waals surface area contributed by atoms with Gasteiger partial charge in [-0.05, 0) is 55.3 Å². The first-order valence-corrected chi connectivity index (χ1v) is 11.1. The number of hydrogen-bond acceptors (Lipinski definition) is 0. The van der Waals surface area contributed by atoms with Gasteiger partial charge in [0.05, 0.1) is 0 Å². The molecule has 2 saturated carbocycles. The molecule has 0 nitrogen and oxygen atoms in total. The molecule has 0 unspecified atom stereocenters. The molecule has 0 aromatic rings. The van der Waals surface area contributed by atoms with Gasteiger partial charge in [-0.25, -0.2) is 0 Å². The van der Waals surface area contributed by atoms with E-state index in [4.69, 9.17) is 0 Å². The Bertz CT molecular complexity index is 533. The molecule has 0 heterocycles. The standard InChI is InChI=1S/C10H7Br.C10H15.F6P.Ru/c11-10-7-3-5-8-4-1-2-6-9(8)10;1-6-7(2)9(4)10(5)8(6)3;1-7(2,3,4,5)6;/h1-7H;1-5H3;;/q;;-1;+2. The van der Waals surface area contributed by atoms with Crippen LogP contribution in [-0.2, 0) is 19.5 Å². The number of halogens is 7. The molecule has 0 bridgehead atoms. The van der Waals surface area contributed by atoms with E-state index < -0.39 is 7.81 Å². The Morgan fingerprint density at radius 3 is 1.38 bits per heavy atom. The van der Waals surface area contributed by atoms with Crippen molar-refractivity contribution in [2.24, 2.45) is 0 Å². The van der Waals surface area contributed by atoms with Gasteiger partial charge in [-0.2, -0.15) is 0 Å². The first kappa shape index (κ1) is 29.6. The maximum atomic E-state index is 9.87. The van der Waals surface area contributed by atoms with E-state index in [1.165, 1.54) is 41.4 Å². The van der Waals surface area contributed by atoms with Gasteiger partial charge in [0.25, 0.3) is 0 Å². The summed E-state index contributed by atoms with van der Waals surface area (Å²) in [6, 6.07) is 0. The third-order valence-corrected chi connectivity index (χ3v) is 5.24. The SMILES string of the molecule is BrC1=CC=C[C]2[CH][CH][CH][CH][C]21.C[C]1[C](C)[C](C)[C](C)[C]1C.F[P-](F)(F)(F)(F)F.[Ru+2]. The second-order valence-electron chi connectivity index (χ2n) is 6.54.